The zero-order valence-corrected chi connectivity index (χ0v) is 20.5. The molecule has 2 amide bonds. The Labute approximate surface area is 213 Å². The number of carbonyl (C=O) groups excluding carboxylic acids is 2. The van der Waals surface area contributed by atoms with Gasteiger partial charge in [-0.3, -0.25) is 24.6 Å². The van der Waals surface area contributed by atoms with Crippen LogP contribution in [0.5, 0.6) is 0 Å². The van der Waals surface area contributed by atoms with Crippen molar-refractivity contribution in [2.75, 3.05) is 45.9 Å². The minimum absolute atomic E-state index is 0.0133. The lowest BCUT2D eigenvalue weighted by molar-refractivity contribution is -0.384. The second-order valence-corrected chi connectivity index (χ2v) is 9.91. The van der Waals surface area contributed by atoms with E-state index in [9.17, 15) is 19.7 Å². The molecule has 10 heteroatoms. The number of ether oxygens (including phenoxy) is 1. The molecule has 2 atom stereocenters. The molecular formula is C27H29N5O5. The number of hydrogen-bond acceptors (Lipinski definition) is 6. The van der Waals surface area contributed by atoms with Crippen LogP contribution in [0.15, 0.2) is 48.5 Å². The molecule has 3 aromatic rings. The Morgan fingerprint density at radius 2 is 1.86 bits per heavy atom. The summed E-state index contributed by atoms with van der Waals surface area (Å²) in [6.07, 6.45) is 1.20. The number of rotatable bonds is 6. The lowest BCUT2D eigenvalue weighted by atomic mass is 9.86. The van der Waals surface area contributed by atoms with Crippen molar-refractivity contribution >= 4 is 28.4 Å². The van der Waals surface area contributed by atoms with Crippen LogP contribution in [-0.4, -0.2) is 88.4 Å². The number of nitro benzene ring substituents is 1. The van der Waals surface area contributed by atoms with E-state index in [4.69, 9.17) is 4.74 Å². The predicted octanol–water partition coefficient (Wildman–Crippen LogP) is 2.48. The van der Waals surface area contributed by atoms with E-state index in [1.54, 1.807) is 21.9 Å². The summed E-state index contributed by atoms with van der Waals surface area (Å²) in [5, 5.41) is 12.5. The number of para-hydroxylation sites is 1. The van der Waals surface area contributed by atoms with Gasteiger partial charge in [0.25, 0.3) is 5.69 Å². The summed E-state index contributed by atoms with van der Waals surface area (Å²) in [5.41, 5.74) is 3.31. The van der Waals surface area contributed by atoms with E-state index in [2.05, 4.69) is 9.88 Å². The fourth-order valence-electron chi connectivity index (χ4n) is 5.98. The minimum Gasteiger partial charge on any atom is -0.379 e. The summed E-state index contributed by atoms with van der Waals surface area (Å²) < 4.78 is 5.41. The molecule has 1 aromatic heterocycles. The molecule has 2 fully saturated rings. The highest BCUT2D eigenvalue weighted by molar-refractivity contribution is 5.97. The Balaban J connectivity index is 1.34. The number of benzene rings is 2. The number of nitrogens with one attached hydrogen (secondary N) is 1. The third-order valence-electron chi connectivity index (χ3n) is 7.75. The quantitative estimate of drug-likeness (QED) is 0.409. The van der Waals surface area contributed by atoms with E-state index in [1.807, 2.05) is 24.3 Å². The van der Waals surface area contributed by atoms with Crippen molar-refractivity contribution in [1.82, 2.24) is 19.7 Å². The van der Waals surface area contributed by atoms with Gasteiger partial charge in [0.2, 0.25) is 11.8 Å². The number of aromatic amines is 1. The maximum Gasteiger partial charge on any atom is 0.269 e. The van der Waals surface area contributed by atoms with E-state index < -0.39 is 17.0 Å². The van der Waals surface area contributed by atoms with Crippen LogP contribution in [-0.2, 0) is 20.7 Å². The Bertz CT molecular complexity index is 1360. The normalized spacial score (nSPS) is 22.3. The van der Waals surface area contributed by atoms with E-state index in [0.717, 1.165) is 61.4 Å². The van der Waals surface area contributed by atoms with Crippen LogP contribution in [0, 0.1) is 10.1 Å². The Hall–Kier alpha value is -3.76. The number of H-pyrrole nitrogens is 1. The van der Waals surface area contributed by atoms with Crippen molar-refractivity contribution in [3.05, 3.63) is 75.5 Å². The second kappa shape index (κ2) is 9.60. The van der Waals surface area contributed by atoms with Gasteiger partial charge in [-0.1, -0.05) is 30.3 Å². The van der Waals surface area contributed by atoms with Gasteiger partial charge in [0, 0.05) is 61.3 Å². The van der Waals surface area contributed by atoms with Crippen molar-refractivity contribution in [2.45, 2.75) is 24.9 Å². The van der Waals surface area contributed by atoms with Crippen LogP contribution < -0.4 is 0 Å². The zero-order valence-electron chi connectivity index (χ0n) is 20.5. The minimum atomic E-state index is -0.652. The third-order valence-corrected chi connectivity index (χ3v) is 7.75. The molecule has 2 aromatic carbocycles. The summed E-state index contributed by atoms with van der Waals surface area (Å²) >= 11 is 0. The number of carbonyl (C=O) groups is 2. The van der Waals surface area contributed by atoms with Gasteiger partial charge in [0.05, 0.1) is 30.7 Å². The van der Waals surface area contributed by atoms with Crippen molar-refractivity contribution < 1.29 is 19.2 Å². The number of morpholine rings is 1. The smallest absolute Gasteiger partial charge is 0.269 e. The standard InChI is InChI=1S/C27H29N5O5/c33-24-17-30(10-4-9-29-11-13-37-14-12-29)27(34)23-16-21-20-7-1-2-8-22(20)28-25(21)26(31(23)24)18-5-3-6-19(15-18)32(35)36/h1-3,5-8,15,23,26,28H,4,9-14,16-17H2/t23-,26-/m1/s1. The lowest BCUT2D eigenvalue weighted by Gasteiger charge is -2.47. The molecule has 0 bridgehead atoms. The highest BCUT2D eigenvalue weighted by Crippen LogP contribution is 2.43. The first-order chi connectivity index (χ1) is 18.0. The van der Waals surface area contributed by atoms with E-state index >= 15 is 0 Å². The van der Waals surface area contributed by atoms with Crippen LogP contribution in [0.25, 0.3) is 10.9 Å². The molecule has 192 valence electrons. The van der Waals surface area contributed by atoms with Crippen LogP contribution >= 0.6 is 0 Å². The maximum absolute atomic E-state index is 13.8. The summed E-state index contributed by atoms with van der Waals surface area (Å²) in [6.45, 7) is 4.62. The number of fused-ring (bicyclic) bond motifs is 4. The second-order valence-electron chi connectivity index (χ2n) is 9.91. The van der Waals surface area contributed by atoms with Gasteiger partial charge in [-0.25, -0.2) is 0 Å². The molecule has 0 aliphatic carbocycles. The molecule has 6 rings (SSSR count). The van der Waals surface area contributed by atoms with Crippen LogP contribution in [0.4, 0.5) is 5.69 Å². The first kappa shape index (κ1) is 23.6. The van der Waals surface area contributed by atoms with Crippen LogP contribution in [0.2, 0.25) is 0 Å². The largest absolute Gasteiger partial charge is 0.379 e. The molecule has 0 radical (unpaired) electrons. The average Bonchev–Trinajstić information content (AvgIpc) is 3.29. The number of hydrogen-bond donors (Lipinski definition) is 1. The van der Waals surface area contributed by atoms with Crippen LogP contribution in [0.3, 0.4) is 0 Å². The highest BCUT2D eigenvalue weighted by atomic mass is 16.6. The summed E-state index contributed by atoms with van der Waals surface area (Å²) in [4.78, 5) is 47.6. The van der Waals surface area contributed by atoms with Crippen LogP contribution in [0.1, 0.15) is 29.3 Å². The van der Waals surface area contributed by atoms with E-state index in [0.29, 0.717) is 18.5 Å². The Morgan fingerprint density at radius 1 is 1.05 bits per heavy atom. The molecule has 0 unspecified atom stereocenters. The monoisotopic (exact) mass is 503 g/mol. The molecule has 10 nitrogen and oxygen atoms in total. The van der Waals surface area contributed by atoms with Gasteiger partial charge in [-0.2, -0.15) is 0 Å². The molecule has 3 aliphatic heterocycles. The summed E-state index contributed by atoms with van der Waals surface area (Å²) in [7, 11) is 0. The van der Waals surface area contributed by atoms with E-state index in [1.165, 1.54) is 12.1 Å². The van der Waals surface area contributed by atoms with Gasteiger partial charge in [0.1, 0.15) is 6.04 Å². The van der Waals surface area contributed by atoms with Gasteiger partial charge < -0.3 is 19.5 Å². The molecular weight excluding hydrogens is 474 g/mol. The average molecular weight is 504 g/mol. The number of amides is 2. The molecule has 0 spiro atoms. The Kier molecular flexibility index (Phi) is 6.13. The maximum atomic E-state index is 13.8. The van der Waals surface area contributed by atoms with Gasteiger partial charge >= 0.3 is 0 Å². The number of aromatic nitrogens is 1. The number of non-ortho nitro benzene ring substituents is 1. The first-order valence-corrected chi connectivity index (χ1v) is 12.7. The molecule has 0 saturated carbocycles. The highest BCUT2D eigenvalue weighted by Gasteiger charge is 2.48. The SMILES string of the molecule is O=C1[C@H]2Cc3c([nH]c4ccccc34)[C@@H](c3cccc([N+](=O)[O-])c3)N2C(=O)CN1CCCN1CCOCC1. The third kappa shape index (κ3) is 4.25. The topological polar surface area (TPSA) is 112 Å². The van der Waals surface area contributed by atoms with Gasteiger partial charge in [0.15, 0.2) is 0 Å². The molecule has 1 N–H and O–H groups in total. The Morgan fingerprint density at radius 3 is 2.68 bits per heavy atom. The van der Waals surface area contributed by atoms with Crippen molar-refractivity contribution in [3.8, 4) is 0 Å². The van der Waals surface area contributed by atoms with Crippen molar-refractivity contribution in [3.63, 3.8) is 0 Å². The summed E-state index contributed by atoms with van der Waals surface area (Å²) in [5.74, 6) is -0.204. The molecule has 3 aliphatic rings. The fourth-order valence-corrected chi connectivity index (χ4v) is 5.98. The van der Waals surface area contributed by atoms with E-state index in [-0.39, 0.29) is 24.0 Å². The fraction of sp³-hybridized carbons (Fsp3) is 0.407. The van der Waals surface area contributed by atoms with Crippen molar-refractivity contribution in [2.24, 2.45) is 0 Å². The number of piperazine rings is 1. The number of nitrogens with zero attached hydrogens (tertiary/aromatic N) is 4. The molecule has 37 heavy (non-hydrogen) atoms. The molecule has 2 saturated heterocycles. The van der Waals surface area contributed by atoms with Gasteiger partial charge in [-0.15, -0.1) is 0 Å². The number of nitro groups is 1. The lowest BCUT2D eigenvalue weighted by Crippen LogP contribution is -2.63. The summed E-state index contributed by atoms with van der Waals surface area (Å²) in [6, 6.07) is 13.0. The first-order valence-electron chi connectivity index (χ1n) is 12.7. The predicted molar refractivity (Wildman–Crippen MR) is 136 cm³/mol. The van der Waals surface area contributed by atoms with Gasteiger partial charge in [-0.05, 0) is 23.6 Å². The molecule has 4 heterocycles. The van der Waals surface area contributed by atoms with Crippen molar-refractivity contribution in [1.29, 1.82) is 0 Å². The zero-order chi connectivity index (χ0) is 25.5.